The van der Waals surface area contributed by atoms with Gasteiger partial charge in [0, 0.05) is 80.3 Å². The lowest BCUT2D eigenvalue weighted by Crippen LogP contribution is -2.47. The molecule has 0 atom stereocenters. The minimum absolute atomic E-state index is 0.000109. The zero-order chi connectivity index (χ0) is 45.1. The zero-order valence-electron chi connectivity index (χ0n) is 36.6. The molecule has 2 aliphatic carbocycles. The Hall–Kier alpha value is -4.99. The molecule has 1 saturated carbocycles. The molecule has 0 spiro atoms. The highest BCUT2D eigenvalue weighted by Gasteiger charge is 2.40. The third-order valence-electron chi connectivity index (χ3n) is 13.7. The van der Waals surface area contributed by atoms with Gasteiger partial charge in [-0.1, -0.05) is 54.8 Å². The number of aromatic nitrogens is 4. The van der Waals surface area contributed by atoms with Gasteiger partial charge in [0.05, 0.1) is 26.7 Å². The van der Waals surface area contributed by atoms with Crippen LogP contribution in [0.15, 0.2) is 95.7 Å². The number of piperidine rings is 1. The van der Waals surface area contributed by atoms with Crippen LogP contribution in [-0.4, -0.2) is 108 Å². The van der Waals surface area contributed by atoms with Crippen LogP contribution >= 0.6 is 23.2 Å². The first kappa shape index (κ1) is 43.9. The van der Waals surface area contributed by atoms with Crippen LogP contribution in [0.1, 0.15) is 74.7 Å². The van der Waals surface area contributed by atoms with Crippen LogP contribution in [0.5, 0.6) is 5.75 Å². The van der Waals surface area contributed by atoms with Gasteiger partial charge in [-0.2, -0.15) is 0 Å². The number of pyridine rings is 1. The van der Waals surface area contributed by atoms with Crippen LogP contribution in [0.4, 0.5) is 10.1 Å². The quantitative estimate of drug-likeness (QED) is 0.123. The van der Waals surface area contributed by atoms with E-state index in [1.807, 2.05) is 36.4 Å². The van der Waals surface area contributed by atoms with Gasteiger partial charge in [-0.15, -0.1) is 0 Å². The first-order chi connectivity index (χ1) is 31.2. The first-order valence-corrected chi connectivity index (χ1v) is 24.8. The maximum absolute atomic E-state index is 15.7. The van der Waals surface area contributed by atoms with Gasteiger partial charge in [0.1, 0.15) is 23.5 Å². The number of ether oxygens (including phenoxy) is 1. The molecule has 340 valence electrons. The molecule has 0 bridgehead atoms. The molecule has 3 aromatic carbocycles. The number of fused-ring (bicyclic) bond motifs is 2. The number of carbonyl (C=O) groups excluding carboxylic acids is 1. The molecular weight excluding hydrogens is 887 g/mol. The van der Waals surface area contributed by atoms with Gasteiger partial charge >= 0.3 is 0 Å². The van der Waals surface area contributed by atoms with Crippen LogP contribution in [-0.2, 0) is 10.0 Å². The van der Waals surface area contributed by atoms with Crippen molar-refractivity contribution in [1.82, 2.24) is 34.3 Å². The Bertz CT molecular complexity index is 2910. The average Bonchev–Trinajstić information content (AvgIpc) is 3.90. The predicted molar refractivity (Wildman–Crippen MR) is 255 cm³/mol. The summed E-state index contributed by atoms with van der Waals surface area (Å²) in [5.74, 6) is -0.655. The zero-order valence-corrected chi connectivity index (χ0v) is 39.0. The van der Waals surface area contributed by atoms with E-state index in [4.69, 9.17) is 32.9 Å². The third-order valence-corrected chi connectivity index (χ3v) is 15.6. The van der Waals surface area contributed by atoms with Crippen molar-refractivity contribution in [1.29, 1.82) is 0 Å². The smallest absolute Gasteiger partial charge is 0.267 e. The van der Waals surface area contributed by atoms with Gasteiger partial charge in [0.2, 0.25) is 0 Å². The Morgan fingerprint density at radius 1 is 0.938 bits per heavy atom. The van der Waals surface area contributed by atoms with E-state index in [0.717, 1.165) is 68.1 Å². The highest BCUT2D eigenvalue weighted by molar-refractivity contribution is 7.90. The number of amides is 1. The van der Waals surface area contributed by atoms with E-state index < -0.39 is 21.6 Å². The molecule has 1 amide bonds. The number of hydrogen-bond acceptors (Lipinski definition) is 9. The van der Waals surface area contributed by atoms with Gasteiger partial charge in [0.15, 0.2) is 5.65 Å². The minimum atomic E-state index is -4.42. The van der Waals surface area contributed by atoms with Crippen LogP contribution in [0.2, 0.25) is 10.0 Å². The first-order valence-electron chi connectivity index (χ1n) is 22.5. The van der Waals surface area contributed by atoms with Gasteiger partial charge in [-0.05, 0) is 122 Å². The third kappa shape index (κ3) is 9.38. The molecule has 0 unspecified atom stereocenters. The molecule has 0 radical (unpaired) electrons. The summed E-state index contributed by atoms with van der Waals surface area (Å²) >= 11 is 12.8. The van der Waals surface area contributed by atoms with E-state index in [0.29, 0.717) is 54.3 Å². The lowest BCUT2D eigenvalue weighted by Gasteiger charge is -2.39. The maximum atomic E-state index is 15.7. The standard InChI is InChI=1S/C49H53Cl2FN8O4S/c1-48(2)15-13-34(40(28-48)32-3-5-35(50)6-4-32)30-57-21-23-59(24-22-57)37-9-11-39(43(26-37)60-44-25-33-14-18-53-46(33)55-42(44)29-54-60)47(61)56-65(62,63)38-10-12-45(41(51)27-38)64-31-49(52)16-19-58(20-17-49)36-7-8-36/h3-6,9-12,14,18,25-27,29,36,54H,7-8,13,15-17,19-24,28,30-31H2,1-2H3,(H,56,61). The van der Waals surface area contributed by atoms with Gasteiger partial charge < -0.3 is 14.5 Å². The summed E-state index contributed by atoms with van der Waals surface area (Å²) < 4.78 is 53.2. The number of halogens is 3. The molecular formula is C49H53Cl2FN8O4S. The number of alkyl halides is 1. The summed E-state index contributed by atoms with van der Waals surface area (Å²) in [6.45, 7) is 10.0. The minimum Gasteiger partial charge on any atom is -0.489 e. The second kappa shape index (κ2) is 17.3. The van der Waals surface area contributed by atoms with E-state index in [1.54, 1.807) is 23.1 Å². The summed E-state index contributed by atoms with van der Waals surface area (Å²) in [5.41, 5.74) is 6.28. The number of nitrogens with one attached hydrogen (secondary N) is 2. The monoisotopic (exact) mass is 938 g/mol. The van der Waals surface area contributed by atoms with Gasteiger partial charge in [-0.25, -0.2) is 27.5 Å². The molecule has 2 N–H and O–H groups in total. The number of aromatic amines is 1. The maximum Gasteiger partial charge on any atom is 0.267 e. The van der Waals surface area contributed by atoms with E-state index in [-0.39, 0.29) is 33.3 Å². The van der Waals surface area contributed by atoms with Crippen molar-refractivity contribution < 1.29 is 22.3 Å². The summed E-state index contributed by atoms with van der Waals surface area (Å²) in [6.07, 6.45) is 9.75. The number of nitrogens with zero attached hydrogens (tertiary/aromatic N) is 6. The molecule has 2 aliphatic heterocycles. The number of likely N-dealkylation sites (tertiary alicyclic amines) is 1. The fraction of sp³-hybridized carbons (Fsp3) is 0.408. The number of allylic oxidation sites excluding steroid dienone is 1. The van der Waals surface area contributed by atoms with Crippen LogP contribution in [0, 0.1) is 5.41 Å². The molecule has 3 fully saturated rings. The van der Waals surface area contributed by atoms with Crippen molar-refractivity contribution in [3.63, 3.8) is 0 Å². The topological polar surface area (TPSA) is 129 Å². The molecule has 6 aromatic rings. The van der Waals surface area contributed by atoms with Gasteiger partial charge in [-0.3, -0.25) is 19.5 Å². The highest BCUT2D eigenvalue weighted by Crippen LogP contribution is 2.44. The Morgan fingerprint density at radius 2 is 1.71 bits per heavy atom. The number of sulfonamides is 1. The average molecular weight is 940 g/mol. The number of piperazine rings is 1. The molecule has 16 heteroatoms. The Balaban J connectivity index is 0.875. The van der Waals surface area contributed by atoms with Gasteiger partial charge in [0.25, 0.3) is 15.9 Å². The van der Waals surface area contributed by atoms with Crippen LogP contribution < -0.4 is 14.4 Å². The molecule has 10 rings (SSSR count). The number of benzene rings is 3. The fourth-order valence-electron chi connectivity index (χ4n) is 9.69. The number of H-pyrrole nitrogens is 1. The summed E-state index contributed by atoms with van der Waals surface area (Å²) in [7, 11) is -4.42. The van der Waals surface area contributed by atoms with Crippen LogP contribution in [0.25, 0.3) is 33.3 Å². The summed E-state index contributed by atoms with van der Waals surface area (Å²) in [6, 6.07) is 22.0. The number of rotatable bonds is 12. The predicted octanol–water partition coefficient (Wildman–Crippen LogP) is 9.46. The normalized spacial score (nSPS) is 19.6. The van der Waals surface area contributed by atoms with E-state index in [9.17, 15) is 13.2 Å². The largest absolute Gasteiger partial charge is 0.489 e. The molecule has 2 saturated heterocycles. The number of hydrogen-bond donors (Lipinski definition) is 2. The molecule has 65 heavy (non-hydrogen) atoms. The lowest BCUT2D eigenvalue weighted by molar-refractivity contribution is 0.0152. The molecule has 4 aliphatic rings. The van der Waals surface area contributed by atoms with Crippen molar-refractivity contribution >= 4 is 72.5 Å². The van der Waals surface area contributed by atoms with E-state index >= 15 is 4.39 Å². The highest BCUT2D eigenvalue weighted by atomic mass is 35.5. The summed E-state index contributed by atoms with van der Waals surface area (Å²) in [5, 5.41) is 4.82. The van der Waals surface area contributed by atoms with E-state index in [1.165, 1.54) is 47.8 Å². The van der Waals surface area contributed by atoms with E-state index in [2.05, 4.69) is 55.5 Å². The van der Waals surface area contributed by atoms with Crippen molar-refractivity contribution in [2.75, 3.05) is 57.3 Å². The van der Waals surface area contributed by atoms with Crippen molar-refractivity contribution in [3.8, 4) is 11.4 Å². The van der Waals surface area contributed by atoms with Crippen molar-refractivity contribution in [2.45, 2.75) is 75.4 Å². The molecule has 3 aromatic heterocycles. The SMILES string of the molecule is CC1(C)CCC(CN2CCN(c3ccc(C(=O)NS(=O)(=O)c4ccc(OCC5(F)CCN(C6CC6)CC5)c(Cl)c4)c(-n4[nH]cc5nc6nccc6cc54)c3)CC2)=C(c2ccc(Cl)cc2)C1. The van der Waals surface area contributed by atoms with Crippen molar-refractivity contribution in [2.24, 2.45) is 5.41 Å². The summed E-state index contributed by atoms with van der Waals surface area (Å²) in [4.78, 5) is 30.2. The Kier molecular flexibility index (Phi) is 11.7. The van der Waals surface area contributed by atoms with Crippen molar-refractivity contribution in [3.05, 3.63) is 112 Å². The molecule has 5 heterocycles. The van der Waals surface area contributed by atoms with Crippen LogP contribution in [0.3, 0.4) is 0 Å². The number of carbonyl (C=O) groups is 1. The Labute approximate surface area is 388 Å². The number of anilines is 1. The molecule has 12 nitrogen and oxygen atoms in total. The Morgan fingerprint density at radius 3 is 2.45 bits per heavy atom. The second-order valence-corrected chi connectivity index (χ2v) is 21.5. The lowest BCUT2D eigenvalue weighted by atomic mass is 9.72. The fourth-order valence-corrected chi connectivity index (χ4v) is 11.1. The second-order valence-electron chi connectivity index (χ2n) is 19.0.